The fourth-order valence-electron chi connectivity index (χ4n) is 2.07. The van der Waals surface area contributed by atoms with Crippen molar-refractivity contribution in [2.45, 2.75) is 26.5 Å². The minimum absolute atomic E-state index is 0. The van der Waals surface area contributed by atoms with Gasteiger partial charge >= 0.3 is 12.7 Å². The molecular formula is C13H16ClF2NO3. The summed E-state index contributed by atoms with van der Waals surface area (Å²) in [5, 5.41) is 2.73. The molecule has 1 amide bonds. The first-order valence-corrected chi connectivity index (χ1v) is 5.86. The zero-order chi connectivity index (χ0) is 14.0. The number of hydrogen-bond donors (Lipinski definition) is 1. The summed E-state index contributed by atoms with van der Waals surface area (Å²) in [5.74, 6) is 0.0925. The second-order valence-electron chi connectivity index (χ2n) is 5.09. The minimum atomic E-state index is -2.84. The number of hydrogen-bond acceptors (Lipinski definition) is 3. The molecule has 1 heterocycles. The smallest absolute Gasteiger partial charge is 0.407 e. The Morgan fingerprint density at radius 1 is 1.35 bits per heavy atom. The van der Waals surface area contributed by atoms with E-state index in [1.807, 2.05) is 13.8 Å². The molecule has 1 aliphatic heterocycles. The van der Waals surface area contributed by atoms with Gasteiger partial charge in [-0.25, -0.2) is 4.79 Å². The number of carbonyl (C=O) groups excluding carboxylic acids is 1. The molecule has 1 saturated heterocycles. The summed E-state index contributed by atoms with van der Waals surface area (Å²) in [6.45, 7) is 1.38. The molecule has 20 heavy (non-hydrogen) atoms. The monoisotopic (exact) mass is 307 g/mol. The summed E-state index contributed by atoms with van der Waals surface area (Å²) in [7, 11) is 0. The van der Waals surface area contributed by atoms with Crippen LogP contribution in [-0.2, 0) is 4.74 Å². The molecule has 1 N–H and O–H groups in total. The lowest BCUT2D eigenvalue weighted by Crippen LogP contribution is -2.46. The van der Waals surface area contributed by atoms with Crippen LogP contribution in [0.2, 0.25) is 0 Å². The van der Waals surface area contributed by atoms with Gasteiger partial charge in [-0.2, -0.15) is 8.78 Å². The number of alkyl halides is 2. The number of rotatable bonds is 3. The molecule has 0 bridgehead atoms. The summed E-state index contributed by atoms with van der Waals surface area (Å²) in [4.78, 5) is 11.3. The number of ether oxygens (including phenoxy) is 2. The van der Waals surface area contributed by atoms with Crippen molar-refractivity contribution in [3.8, 4) is 5.75 Å². The zero-order valence-corrected chi connectivity index (χ0v) is 11.9. The van der Waals surface area contributed by atoms with E-state index in [1.54, 1.807) is 12.1 Å². The molecule has 0 unspecified atom stereocenters. The van der Waals surface area contributed by atoms with Crippen molar-refractivity contribution in [3.63, 3.8) is 0 Å². The summed E-state index contributed by atoms with van der Waals surface area (Å²) in [6.07, 6.45) is -0.475. The summed E-state index contributed by atoms with van der Waals surface area (Å²) >= 11 is 0. The SMILES string of the molecule is CC1(C)COC(=O)N[C@@H]1c1ccc(OC(F)F)cc1.Cl. The van der Waals surface area contributed by atoms with Gasteiger partial charge in [-0.05, 0) is 17.7 Å². The predicted molar refractivity (Wildman–Crippen MR) is 71.3 cm³/mol. The van der Waals surface area contributed by atoms with E-state index in [-0.39, 0.29) is 29.6 Å². The van der Waals surface area contributed by atoms with Crippen LogP contribution in [0.25, 0.3) is 0 Å². The molecular weight excluding hydrogens is 292 g/mol. The zero-order valence-electron chi connectivity index (χ0n) is 11.1. The highest BCUT2D eigenvalue weighted by atomic mass is 35.5. The van der Waals surface area contributed by atoms with Crippen LogP contribution in [-0.4, -0.2) is 19.3 Å². The normalized spacial score (nSPS) is 20.6. The van der Waals surface area contributed by atoms with Gasteiger partial charge in [0.2, 0.25) is 0 Å². The van der Waals surface area contributed by atoms with Crippen LogP contribution in [0.3, 0.4) is 0 Å². The van der Waals surface area contributed by atoms with Crippen LogP contribution in [0.15, 0.2) is 24.3 Å². The van der Waals surface area contributed by atoms with Crippen molar-refractivity contribution >= 4 is 18.5 Å². The topological polar surface area (TPSA) is 47.6 Å². The summed E-state index contributed by atoms with van der Waals surface area (Å²) in [6, 6.07) is 6.01. The van der Waals surface area contributed by atoms with Crippen LogP contribution in [0.5, 0.6) is 5.75 Å². The quantitative estimate of drug-likeness (QED) is 0.929. The molecule has 0 saturated carbocycles. The van der Waals surface area contributed by atoms with E-state index in [4.69, 9.17) is 4.74 Å². The van der Waals surface area contributed by atoms with Crippen molar-refractivity contribution in [3.05, 3.63) is 29.8 Å². The highest BCUT2D eigenvalue weighted by Gasteiger charge is 2.37. The van der Waals surface area contributed by atoms with Crippen LogP contribution in [0.1, 0.15) is 25.5 Å². The standard InChI is InChI=1S/C13H15F2NO3.ClH/c1-13(2)7-18-12(17)16-10(13)8-3-5-9(6-4-8)19-11(14)15;/h3-6,10-11H,7H2,1-2H3,(H,16,17);1H/t10-;/m1./s1. The Labute approximate surface area is 121 Å². The predicted octanol–water partition coefficient (Wildman–Crippen LogP) is 3.52. The third-order valence-corrected chi connectivity index (χ3v) is 3.06. The maximum Gasteiger partial charge on any atom is 0.407 e. The lowest BCUT2D eigenvalue weighted by molar-refractivity contribution is -0.0498. The van der Waals surface area contributed by atoms with E-state index in [0.29, 0.717) is 6.61 Å². The molecule has 0 radical (unpaired) electrons. The average Bonchev–Trinajstić information content (AvgIpc) is 2.33. The largest absolute Gasteiger partial charge is 0.449 e. The fraction of sp³-hybridized carbons (Fsp3) is 0.462. The van der Waals surface area contributed by atoms with Gasteiger partial charge in [-0.1, -0.05) is 26.0 Å². The van der Waals surface area contributed by atoms with Crippen LogP contribution < -0.4 is 10.1 Å². The molecule has 7 heteroatoms. The number of benzene rings is 1. The Kier molecular flexibility index (Phi) is 5.16. The third kappa shape index (κ3) is 3.72. The molecule has 2 rings (SSSR count). The van der Waals surface area contributed by atoms with Crippen molar-refractivity contribution in [1.29, 1.82) is 0 Å². The number of amides is 1. The lowest BCUT2D eigenvalue weighted by atomic mass is 9.80. The highest BCUT2D eigenvalue weighted by Crippen LogP contribution is 2.36. The highest BCUT2D eigenvalue weighted by molar-refractivity contribution is 5.85. The molecule has 1 aromatic carbocycles. The van der Waals surface area contributed by atoms with E-state index in [2.05, 4.69) is 10.1 Å². The number of cyclic esters (lactones) is 1. The second-order valence-corrected chi connectivity index (χ2v) is 5.09. The van der Waals surface area contributed by atoms with Gasteiger partial charge in [0.05, 0.1) is 6.04 Å². The molecule has 1 fully saturated rings. The van der Waals surface area contributed by atoms with E-state index in [1.165, 1.54) is 12.1 Å². The second kappa shape index (κ2) is 6.26. The Morgan fingerprint density at radius 3 is 2.50 bits per heavy atom. The number of carbonyl (C=O) groups is 1. The first-order chi connectivity index (χ1) is 8.88. The van der Waals surface area contributed by atoms with Crippen molar-refractivity contribution in [2.24, 2.45) is 5.41 Å². The third-order valence-electron chi connectivity index (χ3n) is 3.06. The molecule has 1 aromatic rings. The maximum atomic E-state index is 12.1. The van der Waals surface area contributed by atoms with Gasteiger partial charge in [-0.3, -0.25) is 0 Å². The van der Waals surface area contributed by atoms with Crippen molar-refractivity contribution in [2.75, 3.05) is 6.61 Å². The Bertz CT molecular complexity index is 465. The lowest BCUT2D eigenvalue weighted by Gasteiger charge is -2.38. The molecule has 0 spiro atoms. The molecule has 0 aliphatic carbocycles. The van der Waals surface area contributed by atoms with Gasteiger partial charge in [-0.15, -0.1) is 12.4 Å². The number of halogens is 3. The molecule has 1 aliphatic rings. The van der Waals surface area contributed by atoms with Gasteiger partial charge < -0.3 is 14.8 Å². The van der Waals surface area contributed by atoms with Crippen molar-refractivity contribution in [1.82, 2.24) is 5.32 Å². The van der Waals surface area contributed by atoms with E-state index < -0.39 is 12.7 Å². The number of alkyl carbamates (subject to hydrolysis) is 1. The first-order valence-electron chi connectivity index (χ1n) is 5.86. The van der Waals surface area contributed by atoms with E-state index in [0.717, 1.165) is 5.56 Å². The average molecular weight is 308 g/mol. The van der Waals surface area contributed by atoms with Crippen LogP contribution in [0.4, 0.5) is 13.6 Å². The van der Waals surface area contributed by atoms with E-state index >= 15 is 0 Å². The van der Waals surface area contributed by atoms with Crippen LogP contribution >= 0.6 is 12.4 Å². The van der Waals surface area contributed by atoms with Gasteiger partial charge in [0, 0.05) is 5.41 Å². The molecule has 4 nitrogen and oxygen atoms in total. The number of nitrogens with one attached hydrogen (secondary N) is 1. The summed E-state index contributed by atoms with van der Waals surface area (Å²) in [5.41, 5.74) is 0.544. The Morgan fingerprint density at radius 2 is 1.95 bits per heavy atom. The van der Waals surface area contributed by atoms with Crippen LogP contribution in [0, 0.1) is 5.41 Å². The van der Waals surface area contributed by atoms with Crippen molar-refractivity contribution < 1.29 is 23.0 Å². The van der Waals surface area contributed by atoms with E-state index in [9.17, 15) is 13.6 Å². The Hall–Kier alpha value is -1.56. The van der Waals surface area contributed by atoms with Gasteiger partial charge in [0.25, 0.3) is 0 Å². The summed E-state index contributed by atoms with van der Waals surface area (Å²) < 4.78 is 33.3. The van der Waals surface area contributed by atoms with Gasteiger partial charge in [0.1, 0.15) is 12.4 Å². The molecule has 1 atom stereocenters. The fourth-order valence-corrected chi connectivity index (χ4v) is 2.07. The minimum Gasteiger partial charge on any atom is -0.449 e. The first kappa shape index (κ1) is 16.5. The maximum absolute atomic E-state index is 12.1. The molecule has 112 valence electrons. The Balaban J connectivity index is 0.00000200. The molecule has 0 aromatic heterocycles. The van der Waals surface area contributed by atoms with Gasteiger partial charge in [0.15, 0.2) is 0 Å².